The van der Waals surface area contributed by atoms with Crippen molar-refractivity contribution in [3.8, 4) is 6.07 Å². The molecule has 1 atom stereocenters. The van der Waals surface area contributed by atoms with Crippen LogP contribution in [-0.2, 0) is 0 Å². The van der Waals surface area contributed by atoms with Gasteiger partial charge in [0.1, 0.15) is 11.9 Å². The molecule has 0 bridgehead atoms. The summed E-state index contributed by atoms with van der Waals surface area (Å²) in [4.78, 5) is 0. The molecule has 17 heavy (non-hydrogen) atoms. The first-order valence-corrected chi connectivity index (χ1v) is 6.70. The van der Waals surface area contributed by atoms with E-state index in [1.807, 2.05) is 0 Å². The van der Waals surface area contributed by atoms with E-state index in [0.29, 0.717) is 11.7 Å². The molecule has 1 saturated carbocycles. The van der Waals surface area contributed by atoms with Crippen LogP contribution < -0.4 is 0 Å². The zero-order chi connectivity index (χ0) is 12.5. The van der Waals surface area contributed by atoms with Crippen LogP contribution in [0.3, 0.4) is 0 Å². The second-order valence-corrected chi connectivity index (χ2v) is 5.84. The molecule has 1 aliphatic rings. The van der Waals surface area contributed by atoms with Gasteiger partial charge < -0.3 is 9.52 Å². The first-order valence-electron chi connectivity index (χ1n) is 5.91. The van der Waals surface area contributed by atoms with Crippen molar-refractivity contribution in [1.82, 2.24) is 0 Å². The SMILES string of the molecule is CC1CCC(C#N)(C(O)c2occc2Br)CC1. The van der Waals surface area contributed by atoms with Gasteiger partial charge in [0.05, 0.1) is 22.2 Å². The second kappa shape index (κ2) is 4.83. The lowest BCUT2D eigenvalue weighted by molar-refractivity contribution is 0.0110. The molecule has 1 aromatic heterocycles. The fraction of sp³-hybridized carbons (Fsp3) is 0.615. The maximum Gasteiger partial charge on any atom is 0.148 e. The summed E-state index contributed by atoms with van der Waals surface area (Å²) in [7, 11) is 0. The van der Waals surface area contributed by atoms with Crippen LogP contribution >= 0.6 is 15.9 Å². The number of rotatable bonds is 2. The number of hydrogen-bond acceptors (Lipinski definition) is 3. The normalized spacial score (nSPS) is 30.8. The standard InChI is InChI=1S/C13H16BrNO2/c1-9-2-5-13(8-15,6-3-9)12(16)11-10(14)4-7-17-11/h4,7,9,12,16H,2-3,5-6H2,1H3. The predicted molar refractivity (Wildman–Crippen MR) is 67.0 cm³/mol. The van der Waals surface area contributed by atoms with Crippen molar-refractivity contribution in [3.63, 3.8) is 0 Å². The van der Waals surface area contributed by atoms with Gasteiger partial charge in [-0.3, -0.25) is 0 Å². The van der Waals surface area contributed by atoms with Crippen molar-refractivity contribution in [2.75, 3.05) is 0 Å². The number of nitriles is 1. The van der Waals surface area contributed by atoms with E-state index in [2.05, 4.69) is 28.9 Å². The minimum atomic E-state index is -0.843. The average Bonchev–Trinajstić information content (AvgIpc) is 2.76. The van der Waals surface area contributed by atoms with Gasteiger partial charge in [-0.1, -0.05) is 6.92 Å². The Morgan fingerprint density at radius 3 is 2.71 bits per heavy atom. The van der Waals surface area contributed by atoms with Gasteiger partial charge in [-0.25, -0.2) is 0 Å². The Morgan fingerprint density at radius 2 is 2.24 bits per heavy atom. The van der Waals surface area contributed by atoms with E-state index in [9.17, 15) is 10.4 Å². The van der Waals surface area contributed by atoms with E-state index < -0.39 is 11.5 Å². The van der Waals surface area contributed by atoms with Crippen molar-refractivity contribution in [2.45, 2.75) is 38.7 Å². The molecule has 1 heterocycles. The number of nitrogens with zero attached hydrogens (tertiary/aromatic N) is 1. The Morgan fingerprint density at radius 1 is 1.59 bits per heavy atom. The first kappa shape index (κ1) is 12.7. The lowest BCUT2D eigenvalue weighted by Crippen LogP contribution is -2.32. The number of furan rings is 1. The minimum Gasteiger partial charge on any atom is -0.465 e. The van der Waals surface area contributed by atoms with Gasteiger partial charge in [0.25, 0.3) is 0 Å². The smallest absolute Gasteiger partial charge is 0.148 e. The summed E-state index contributed by atoms with van der Waals surface area (Å²) < 4.78 is 6.02. The zero-order valence-corrected chi connectivity index (χ0v) is 11.4. The Bertz CT molecular complexity index is 427. The van der Waals surface area contributed by atoms with Gasteiger partial charge in [-0.2, -0.15) is 5.26 Å². The summed E-state index contributed by atoms with van der Waals surface area (Å²) in [6, 6.07) is 4.07. The molecule has 92 valence electrons. The molecule has 0 amide bonds. The molecule has 1 aromatic rings. The van der Waals surface area contributed by atoms with Crippen LogP contribution in [0.2, 0.25) is 0 Å². The lowest BCUT2D eigenvalue weighted by atomic mass is 9.68. The average molecular weight is 298 g/mol. The first-order chi connectivity index (χ1) is 8.09. The van der Waals surface area contributed by atoms with Crippen molar-refractivity contribution < 1.29 is 9.52 Å². The summed E-state index contributed by atoms with van der Waals surface area (Å²) in [6.07, 6.45) is 4.13. The lowest BCUT2D eigenvalue weighted by Gasteiger charge is -2.36. The van der Waals surface area contributed by atoms with E-state index >= 15 is 0 Å². The molecule has 0 spiro atoms. The van der Waals surface area contributed by atoms with E-state index in [0.717, 1.165) is 30.2 Å². The largest absolute Gasteiger partial charge is 0.465 e. The Balaban J connectivity index is 2.25. The highest BCUT2D eigenvalue weighted by molar-refractivity contribution is 9.10. The van der Waals surface area contributed by atoms with Gasteiger partial charge in [0.2, 0.25) is 0 Å². The third-order valence-corrected chi connectivity index (χ3v) is 4.46. The van der Waals surface area contributed by atoms with Crippen molar-refractivity contribution in [3.05, 3.63) is 22.6 Å². The summed E-state index contributed by atoms with van der Waals surface area (Å²) in [5.41, 5.74) is -0.688. The summed E-state index contributed by atoms with van der Waals surface area (Å²) >= 11 is 3.34. The predicted octanol–water partition coefficient (Wildman–Crippen LogP) is 3.80. The summed E-state index contributed by atoms with van der Waals surface area (Å²) in [5, 5.41) is 19.8. The molecule has 0 saturated heterocycles. The molecule has 4 heteroatoms. The molecule has 0 aromatic carbocycles. The van der Waals surface area contributed by atoms with Crippen molar-refractivity contribution in [2.24, 2.45) is 11.3 Å². The molecule has 1 N–H and O–H groups in total. The van der Waals surface area contributed by atoms with Crippen molar-refractivity contribution >= 4 is 15.9 Å². The van der Waals surface area contributed by atoms with Crippen LogP contribution in [0.5, 0.6) is 0 Å². The highest BCUT2D eigenvalue weighted by Crippen LogP contribution is 2.48. The van der Waals surface area contributed by atoms with Crippen LogP contribution in [0.1, 0.15) is 44.5 Å². The molecule has 1 fully saturated rings. The second-order valence-electron chi connectivity index (χ2n) is 4.99. The number of hydrogen-bond donors (Lipinski definition) is 1. The van der Waals surface area contributed by atoms with Crippen LogP contribution in [0, 0.1) is 22.7 Å². The maximum absolute atomic E-state index is 10.4. The summed E-state index contributed by atoms with van der Waals surface area (Å²) in [6.45, 7) is 2.19. The van der Waals surface area contributed by atoms with E-state index in [-0.39, 0.29) is 0 Å². The zero-order valence-electron chi connectivity index (χ0n) is 9.82. The topological polar surface area (TPSA) is 57.2 Å². The van der Waals surface area contributed by atoms with E-state index in [4.69, 9.17) is 4.42 Å². The third-order valence-electron chi connectivity index (χ3n) is 3.81. The molecule has 1 aliphatic carbocycles. The number of aliphatic hydroxyl groups excluding tert-OH is 1. The number of halogens is 1. The van der Waals surface area contributed by atoms with Gasteiger partial charge in [0.15, 0.2) is 0 Å². The fourth-order valence-corrected chi connectivity index (χ4v) is 2.89. The van der Waals surface area contributed by atoms with Gasteiger partial charge in [0, 0.05) is 0 Å². The maximum atomic E-state index is 10.4. The van der Waals surface area contributed by atoms with Crippen LogP contribution in [0.15, 0.2) is 21.2 Å². The molecule has 0 radical (unpaired) electrons. The Hall–Kier alpha value is -0.790. The fourth-order valence-electron chi connectivity index (χ4n) is 2.48. The van der Waals surface area contributed by atoms with Gasteiger partial charge in [-0.15, -0.1) is 0 Å². The summed E-state index contributed by atoms with van der Waals surface area (Å²) in [5.74, 6) is 1.12. The van der Waals surface area contributed by atoms with Crippen molar-refractivity contribution in [1.29, 1.82) is 5.26 Å². The van der Waals surface area contributed by atoms with E-state index in [1.165, 1.54) is 6.26 Å². The molecule has 0 aliphatic heterocycles. The minimum absolute atomic E-state index is 0.473. The van der Waals surface area contributed by atoms with Crippen LogP contribution in [-0.4, -0.2) is 5.11 Å². The monoisotopic (exact) mass is 297 g/mol. The highest BCUT2D eigenvalue weighted by Gasteiger charge is 2.43. The van der Waals surface area contributed by atoms with Gasteiger partial charge in [-0.05, 0) is 53.6 Å². The third kappa shape index (κ3) is 2.27. The van der Waals surface area contributed by atoms with Gasteiger partial charge >= 0.3 is 0 Å². The molecule has 2 rings (SSSR count). The highest BCUT2D eigenvalue weighted by atomic mass is 79.9. The Labute approximate surface area is 110 Å². The molecule has 3 nitrogen and oxygen atoms in total. The molecular formula is C13H16BrNO2. The van der Waals surface area contributed by atoms with E-state index in [1.54, 1.807) is 6.07 Å². The van der Waals surface area contributed by atoms with Crippen LogP contribution in [0.4, 0.5) is 0 Å². The number of aliphatic hydroxyl groups is 1. The van der Waals surface area contributed by atoms with Crippen LogP contribution in [0.25, 0.3) is 0 Å². The quantitative estimate of drug-likeness (QED) is 0.903. The molecule has 1 unspecified atom stereocenters. The Kier molecular flexibility index (Phi) is 3.60. The molecular weight excluding hydrogens is 282 g/mol.